The molecule has 5 heteroatoms. The zero-order valence-electron chi connectivity index (χ0n) is 17.5. The number of aryl methyl sites for hydroxylation is 1. The van der Waals surface area contributed by atoms with Crippen molar-refractivity contribution in [3.63, 3.8) is 0 Å². The molecular formula is C26H23BrN2O2. The number of ether oxygens (including phenoxy) is 1. The maximum absolute atomic E-state index is 13.2. The number of fused-ring (bicyclic) bond motifs is 1. The number of halogens is 1. The van der Waals surface area contributed by atoms with Crippen LogP contribution in [-0.4, -0.2) is 18.0 Å². The topological polar surface area (TPSA) is 51.2 Å². The Hall–Kier alpha value is -3.18. The highest BCUT2D eigenvalue weighted by Gasteiger charge is 2.14. The Bertz CT molecular complexity index is 1220. The molecule has 4 nitrogen and oxygen atoms in total. The Morgan fingerprint density at radius 1 is 0.968 bits per heavy atom. The van der Waals surface area contributed by atoms with Crippen LogP contribution in [0.4, 0.5) is 0 Å². The first-order valence-corrected chi connectivity index (χ1v) is 11.0. The van der Waals surface area contributed by atoms with Crippen LogP contribution in [0.2, 0.25) is 0 Å². The van der Waals surface area contributed by atoms with Gasteiger partial charge in [-0.1, -0.05) is 59.3 Å². The number of amides is 1. The van der Waals surface area contributed by atoms with Gasteiger partial charge < -0.3 is 10.1 Å². The number of carbonyl (C=O) groups excluding carboxylic acids is 1. The van der Waals surface area contributed by atoms with Gasteiger partial charge in [-0.05, 0) is 53.9 Å². The van der Waals surface area contributed by atoms with Gasteiger partial charge in [-0.3, -0.25) is 4.79 Å². The van der Waals surface area contributed by atoms with Gasteiger partial charge in [0.05, 0.1) is 23.9 Å². The van der Waals surface area contributed by atoms with E-state index in [0.29, 0.717) is 12.1 Å². The van der Waals surface area contributed by atoms with Gasteiger partial charge in [0, 0.05) is 22.0 Å². The van der Waals surface area contributed by atoms with E-state index in [0.717, 1.165) is 44.4 Å². The van der Waals surface area contributed by atoms with Crippen LogP contribution in [0.15, 0.2) is 77.3 Å². The number of hydrogen-bond donors (Lipinski definition) is 1. The number of pyridine rings is 1. The quantitative estimate of drug-likeness (QED) is 0.363. The molecule has 31 heavy (non-hydrogen) atoms. The van der Waals surface area contributed by atoms with Crippen LogP contribution in [0.25, 0.3) is 22.2 Å². The maximum Gasteiger partial charge on any atom is 0.252 e. The monoisotopic (exact) mass is 474 g/mol. The molecule has 0 aliphatic rings. The van der Waals surface area contributed by atoms with E-state index in [-0.39, 0.29) is 5.91 Å². The maximum atomic E-state index is 13.2. The minimum absolute atomic E-state index is 0.132. The molecule has 3 aromatic carbocycles. The van der Waals surface area contributed by atoms with Gasteiger partial charge in [0.15, 0.2) is 0 Å². The zero-order chi connectivity index (χ0) is 21.8. The fourth-order valence-electron chi connectivity index (χ4n) is 3.47. The fraction of sp³-hybridized carbons (Fsp3) is 0.154. The smallest absolute Gasteiger partial charge is 0.252 e. The highest BCUT2D eigenvalue weighted by Crippen LogP contribution is 2.27. The standard InChI is InChI=1S/C26H23BrN2O2/c1-3-17-4-8-19(9-5-17)25-15-23(22-14-20(27)10-13-24(22)29-25)26(30)28-16-18-6-11-21(31-2)12-7-18/h4-15H,3,16H2,1-2H3,(H,28,30). The third kappa shape index (κ3) is 4.78. The lowest BCUT2D eigenvalue weighted by Gasteiger charge is -2.12. The summed E-state index contributed by atoms with van der Waals surface area (Å²) in [7, 11) is 1.64. The summed E-state index contributed by atoms with van der Waals surface area (Å²) in [6.45, 7) is 2.56. The summed E-state index contributed by atoms with van der Waals surface area (Å²) in [4.78, 5) is 18.0. The molecule has 0 atom stereocenters. The Morgan fingerprint density at radius 3 is 2.35 bits per heavy atom. The van der Waals surface area contributed by atoms with Crippen molar-refractivity contribution < 1.29 is 9.53 Å². The molecule has 0 aliphatic carbocycles. The van der Waals surface area contributed by atoms with Gasteiger partial charge >= 0.3 is 0 Å². The third-order valence-electron chi connectivity index (χ3n) is 5.29. The first kappa shape index (κ1) is 21.1. The molecule has 156 valence electrons. The highest BCUT2D eigenvalue weighted by atomic mass is 79.9. The Morgan fingerprint density at radius 2 is 1.68 bits per heavy atom. The molecule has 0 saturated carbocycles. The fourth-order valence-corrected chi connectivity index (χ4v) is 3.83. The van der Waals surface area contributed by atoms with Crippen molar-refractivity contribution in [2.75, 3.05) is 7.11 Å². The molecule has 0 bridgehead atoms. The minimum atomic E-state index is -0.132. The lowest BCUT2D eigenvalue weighted by molar-refractivity contribution is 0.0952. The summed E-state index contributed by atoms with van der Waals surface area (Å²) in [5.41, 5.74) is 5.44. The largest absolute Gasteiger partial charge is 0.497 e. The van der Waals surface area contributed by atoms with Crippen molar-refractivity contribution in [3.8, 4) is 17.0 Å². The second-order valence-electron chi connectivity index (χ2n) is 7.30. The van der Waals surface area contributed by atoms with Gasteiger partial charge in [-0.2, -0.15) is 0 Å². The van der Waals surface area contributed by atoms with E-state index < -0.39 is 0 Å². The Balaban J connectivity index is 1.68. The van der Waals surface area contributed by atoms with E-state index in [1.165, 1.54) is 5.56 Å². The Kier molecular flexibility index (Phi) is 6.33. The number of carbonyl (C=O) groups is 1. The second-order valence-corrected chi connectivity index (χ2v) is 8.21. The van der Waals surface area contributed by atoms with Crippen LogP contribution >= 0.6 is 15.9 Å². The molecular weight excluding hydrogens is 452 g/mol. The van der Waals surface area contributed by atoms with Gasteiger partial charge in [0.25, 0.3) is 5.91 Å². The molecule has 0 saturated heterocycles. The molecule has 4 rings (SSSR count). The zero-order valence-corrected chi connectivity index (χ0v) is 19.1. The number of nitrogens with one attached hydrogen (secondary N) is 1. The molecule has 1 N–H and O–H groups in total. The van der Waals surface area contributed by atoms with Crippen LogP contribution < -0.4 is 10.1 Å². The summed E-state index contributed by atoms with van der Waals surface area (Å²) in [5.74, 6) is 0.659. The van der Waals surface area contributed by atoms with E-state index in [9.17, 15) is 4.79 Å². The highest BCUT2D eigenvalue weighted by molar-refractivity contribution is 9.10. The molecule has 0 aliphatic heterocycles. The van der Waals surface area contributed by atoms with Crippen LogP contribution in [0, 0.1) is 0 Å². The van der Waals surface area contributed by atoms with Crippen molar-refractivity contribution in [1.82, 2.24) is 10.3 Å². The minimum Gasteiger partial charge on any atom is -0.497 e. The van der Waals surface area contributed by atoms with E-state index >= 15 is 0 Å². The summed E-state index contributed by atoms with van der Waals surface area (Å²) >= 11 is 3.51. The van der Waals surface area contributed by atoms with Crippen molar-refractivity contribution in [2.45, 2.75) is 19.9 Å². The number of benzene rings is 3. The van der Waals surface area contributed by atoms with Crippen LogP contribution in [0.3, 0.4) is 0 Å². The van der Waals surface area contributed by atoms with Crippen LogP contribution in [0.5, 0.6) is 5.75 Å². The van der Waals surface area contributed by atoms with Gasteiger partial charge in [-0.15, -0.1) is 0 Å². The molecule has 1 aromatic heterocycles. The van der Waals surface area contributed by atoms with Crippen molar-refractivity contribution in [1.29, 1.82) is 0 Å². The summed E-state index contributed by atoms with van der Waals surface area (Å²) in [6, 6.07) is 23.7. The first-order chi connectivity index (χ1) is 15.1. The lowest BCUT2D eigenvalue weighted by Crippen LogP contribution is -2.23. The number of aromatic nitrogens is 1. The van der Waals surface area contributed by atoms with E-state index in [2.05, 4.69) is 52.4 Å². The van der Waals surface area contributed by atoms with E-state index in [4.69, 9.17) is 9.72 Å². The van der Waals surface area contributed by atoms with Crippen molar-refractivity contribution in [2.24, 2.45) is 0 Å². The predicted molar refractivity (Wildman–Crippen MR) is 128 cm³/mol. The average Bonchev–Trinajstić information content (AvgIpc) is 2.82. The first-order valence-electron chi connectivity index (χ1n) is 10.2. The van der Waals surface area contributed by atoms with Gasteiger partial charge in [0.2, 0.25) is 0 Å². The average molecular weight is 475 g/mol. The van der Waals surface area contributed by atoms with E-state index in [1.807, 2.05) is 48.5 Å². The molecule has 0 radical (unpaired) electrons. The molecule has 1 heterocycles. The number of methoxy groups -OCH3 is 1. The summed E-state index contributed by atoms with van der Waals surface area (Å²) < 4.78 is 6.10. The SMILES string of the molecule is CCc1ccc(-c2cc(C(=O)NCc3ccc(OC)cc3)c3cc(Br)ccc3n2)cc1. The van der Waals surface area contributed by atoms with Gasteiger partial charge in [-0.25, -0.2) is 4.98 Å². The van der Waals surface area contributed by atoms with E-state index in [1.54, 1.807) is 7.11 Å². The number of nitrogens with zero attached hydrogens (tertiary/aromatic N) is 1. The number of rotatable bonds is 6. The molecule has 4 aromatic rings. The third-order valence-corrected chi connectivity index (χ3v) is 5.78. The van der Waals surface area contributed by atoms with Crippen LogP contribution in [0.1, 0.15) is 28.4 Å². The van der Waals surface area contributed by atoms with Crippen molar-refractivity contribution >= 4 is 32.7 Å². The summed E-state index contributed by atoms with van der Waals surface area (Å²) in [5, 5.41) is 3.85. The molecule has 0 fully saturated rings. The Labute approximate surface area is 190 Å². The molecule has 0 spiro atoms. The second kappa shape index (κ2) is 9.31. The van der Waals surface area contributed by atoms with Crippen molar-refractivity contribution in [3.05, 3.63) is 94.0 Å². The van der Waals surface area contributed by atoms with Gasteiger partial charge in [0.1, 0.15) is 5.75 Å². The number of hydrogen-bond acceptors (Lipinski definition) is 3. The molecule has 1 amide bonds. The summed E-state index contributed by atoms with van der Waals surface area (Å²) in [6.07, 6.45) is 0.985. The normalized spacial score (nSPS) is 10.8. The van der Waals surface area contributed by atoms with Crippen LogP contribution in [-0.2, 0) is 13.0 Å². The predicted octanol–water partition coefficient (Wildman–Crippen LogP) is 6.17. The molecule has 0 unspecified atom stereocenters. The lowest BCUT2D eigenvalue weighted by atomic mass is 10.0.